The molecule has 4 heteroatoms. The molecule has 0 aliphatic heterocycles. The van der Waals surface area contributed by atoms with E-state index in [1.54, 1.807) is 24.3 Å². The van der Waals surface area contributed by atoms with Crippen LogP contribution in [0.2, 0.25) is 0 Å². The lowest BCUT2D eigenvalue weighted by Gasteiger charge is -2.20. The lowest BCUT2D eigenvalue weighted by molar-refractivity contribution is -0.120. The smallest absolute Gasteiger partial charge is 0.239 e. The zero-order valence-electron chi connectivity index (χ0n) is 10.1. The van der Waals surface area contributed by atoms with Crippen LogP contribution in [0.4, 0.5) is 0 Å². The van der Waals surface area contributed by atoms with Gasteiger partial charge in [-0.3, -0.25) is 10.1 Å². The molecular formula is C13H17N3O. The summed E-state index contributed by atoms with van der Waals surface area (Å²) in [5, 5.41) is 12.0. The third kappa shape index (κ3) is 3.58. The van der Waals surface area contributed by atoms with Gasteiger partial charge in [0.25, 0.3) is 0 Å². The van der Waals surface area contributed by atoms with Crippen LogP contribution in [0.15, 0.2) is 24.3 Å². The van der Waals surface area contributed by atoms with Gasteiger partial charge in [-0.25, -0.2) is 0 Å². The van der Waals surface area contributed by atoms with Crippen LogP contribution in [0.1, 0.15) is 37.4 Å². The maximum absolute atomic E-state index is 11.4. The van der Waals surface area contributed by atoms with Gasteiger partial charge < -0.3 is 5.73 Å². The van der Waals surface area contributed by atoms with Gasteiger partial charge in [0, 0.05) is 6.04 Å². The second-order valence-corrected chi connectivity index (χ2v) is 4.05. The van der Waals surface area contributed by atoms with E-state index in [-0.39, 0.29) is 6.04 Å². The van der Waals surface area contributed by atoms with Crippen LogP contribution in [-0.2, 0) is 4.79 Å². The molecule has 0 heterocycles. The van der Waals surface area contributed by atoms with Crippen LogP contribution in [0.3, 0.4) is 0 Å². The highest BCUT2D eigenvalue weighted by molar-refractivity contribution is 5.81. The van der Waals surface area contributed by atoms with Crippen LogP contribution < -0.4 is 11.1 Å². The first-order valence-corrected chi connectivity index (χ1v) is 5.64. The van der Waals surface area contributed by atoms with Crippen LogP contribution in [0.25, 0.3) is 0 Å². The number of hydrogen-bond acceptors (Lipinski definition) is 3. The Balaban J connectivity index is 2.97. The van der Waals surface area contributed by atoms with Crippen molar-refractivity contribution in [1.29, 1.82) is 5.26 Å². The van der Waals surface area contributed by atoms with Gasteiger partial charge in [0.15, 0.2) is 0 Å². The van der Waals surface area contributed by atoms with Crippen molar-refractivity contribution in [3.63, 3.8) is 0 Å². The zero-order chi connectivity index (χ0) is 12.8. The summed E-state index contributed by atoms with van der Waals surface area (Å²) < 4.78 is 0. The molecule has 0 saturated carbocycles. The maximum Gasteiger partial charge on any atom is 0.239 e. The Morgan fingerprint density at radius 1 is 1.59 bits per heavy atom. The van der Waals surface area contributed by atoms with E-state index in [9.17, 15) is 4.79 Å². The van der Waals surface area contributed by atoms with Crippen LogP contribution in [0, 0.1) is 11.3 Å². The van der Waals surface area contributed by atoms with Gasteiger partial charge in [-0.2, -0.15) is 5.26 Å². The van der Waals surface area contributed by atoms with E-state index in [1.165, 1.54) is 0 Å². The van der Waals surface area contributed by atoms with E-state index in [0.717, 1.165) is 12.0 Å². The zero-order valence-corrected chi connectivity index (χ0v) is 10.1. The molecule has 1 amide bonds. The van der Waals surface area contributed by atoms with Gasteiger partial charge in [0.1, 0.15) is 6.04 Å². The number of primary amides is 1. The van der Waals surface area contributed by atoms with Gasteiger partial charge >= 0.3 is 0 Å². The molecule has 3 N–H and O–H groups in total. The standard InChI is InChI=1S/C13H17N3O/c1-3-9(2)16-12(13(15)17)11-6-4-5-10(7-11)8-14/h4-7,9,12,16H,3H2,1-2H3,(H2,15,17). The van der Waals surface area contributed by atoms with Crippen LogP contribution in [-0.4, -0.2) is 11.9 Å². The summed E-state index contributed by atoms with van der Waals surface area (Å²) in [5.41, 5.74) is 6.64. The lowest BCUT2D eigenvalue weighted by atomic mass is 10.0. The number of amides is 1. The molecule has 0 aliphatic rings. The lowest BCUT2D eigenvalue weighted by Crippen LogP contribution is -2.38. The molecule has 1 rings (SSSR count). The second kappa shape index (κ2) is 6.02. The SMILES string of the molecule is CCC(C)NC(C(N)=O)c1cccc(C#N)c1. The van der Waals surface area contributed by atoms with Crippen LogP contribution in [0.5, 0.6) is 0 Å². The molecule has 0 aromatic heterocycles. The summed E-state index contributed by atoms with van der Waals surface area (Å²) in [5.74, 6) is -0.430. The van der Waals surface area contributed by atoms with Crippen molar-refractivity contribution in [2.45, 2.75) is 32.4 Å². The average molecular weight is 231 g/mol. The highest BCUT2D eigenvalue weighted by Gasteiger charge is 2.19. The normalized spacial score (nSPS) is 13.7. The first kappa shape index (κ1) is 13.2. The molecule has 0 aliphatic carbocycles. The number of benzene rings is 1. The fourth-order valence-electron chi connectivity index (χ4n) is 1.53. The Kier molecular flexibility index (Phi) is 4.68. The minimum Gasteiger partial charge on any atom is -0.368 e. The van der Waals surface area contributed by atoms with Gasteiger partial charge in [-0.05, 0) is 31.0 Å². The molecule has 4 nitrogen and oxygen atoms in total. The minimum absolute atomic E-state index is 0.193. The van der Waals surface area contributed by atoms with Gasteiger partial charge in [0.05, 0.1) is 11.6 Å². The number of nitrogens with two attached hydrogens (primary N) is 1. The largest absolute Gasteiger partial charge is 0.368 e. The summed E-state index contributed by atoms with van der Waals surface area (Å²) in [7, 11) is 0. The van der Waals surface area contributed by atoms with E-state index >= 15 is 0 Å². The number of rotatable bonds is 5. The summed E-state index contributed by atoms with van der Waals surface area (Å²) >= 11 is 0. The van der Waals surface area contributed by atoms with Gasteiger partial charge in [0.2, 0.25) is 5.91 Å². The number of hydrogen-bond donors (Lipinski definition) is 2. The summed E-state index contributed by atoms with van der Waals surface area (Å²) in [4.78, 5) is 11.4. The van der Waals surface area contributed by atoms with E-state index in [4.69, 9.17) is 11.0 Å². The quantitative estimate of drug-likeness (QED) is 0.805. The van der Waals surface area contributed by atoms with E-state index in [1.807, 2.05) is 19.9 Å². The Bertz CT molecular complexity index is 437. The molecule has 0 bridgehead atoms. The summed E-state index contributed by atoms with van der Waals surface area (Å²) in [6.07, 6.45) is 0.904. The predicted molar refractivity (Wildman–Crippen MR) is 66.0 cm³/mol. The predicted octanol–water partition coefficient (Wildman–Crippen LogP) is 1.47. The molecule has 2 atom stereocenters. The minimum atomic E-state index is -0.543. The van der Waals surface area contributed by atoms with E-state index in [2.05, 4.69) is 5.32 Å². The molecule has 2 unspecified atom stereocenters. The molecule has 1 aromatic carbocycles. The van der Waals surface area contributed by atoms with Crippen LogP contribution >= 0.6 is 0 Å². The van der Waals surface area contributed by atoms with E-state index < -0.39 is 11.9 Å². The Morgan fingerprint density at radius 3 is 2.82 bits per heavy atom. The summed E-state index contributed by atoms with van der Waals surface area (Å²) in [6, 6.07) is 8.63. The maximum atomic E-state index is 11.4. The number of nitrogens with one attached hydrogen (secondary N) is 1. The molecule has 17 heavy (non-hydrogen) atoms. The first-order chi connectivity index (χ1) is 8.08. The van der Waals surface area contributed by atoms with Crippen molar-refractivity contribution in [2.24, 2.45) is 5.73 Å². The van der Waals surface area contributed by atoms with Crippen molar-refractivity contribution in [3.8, 4) is 6.07 Å². The van der Waals surface area contributed by atoms with E-state index in [0.29, 0.717) is 5.56 Å². The highest BCUT2D eigenvalue weighted by atomic mass is 16.1. The number of carbonyl (C=O) groups excluding carboxylic acids is 1. The number of nitriles is 1. The molecule has 0 saturated heterocycles. The molecule has 0 radical (unpaired) electrons. The molecule has 0 fully saturated rings. The van der Waals surface area contributed by atoms with Gasteiger partial charge in [-0.15, -0.1) is 0 Å². The molecule has 0 spiro atoms. The van der Waals surface area contributed by atoms with Crippen molar-refractivity contribution < 1.29 is 4.79 Å². The molecule has 90 valence electrons. The summed E-state index contributed by atoms with van der Waals surface area (Å²) in [6.45, 7) is 4.02. The Morgan fingerprint density at radius 2 is 2.29 bits per heavy atom. The monoisotopic (exact) mass is 231 g/mol. The fourth-order valence-corrected chi connectivity index (χ4v) is 1.53. The fraction of sp³-hybridized carbons (Fsp3) is 0.385. The van der Waals surface area contributed by atoms with Crippen molar-refractivity contribution in [3.05, 3.63) is 35.4 Å². The number of nitrogens with zero attached hydrogens (tertiary/aromatic N) is 1. The molecular weight excluding hydrogens is 214 g/mol. The number of carbonyl (C=O) groups is 1. The second-order valence-electron chi connectivity index (χ2n) is 4.05. The third-order valence-electron chi connectivity index (χ3n) is 2.70. The van der Waals surface area contributed by atoms with Crippen molar-refractivity contribution in [1.82, 2.24) is 5.32 Å². The average Bonchev–Trinajstić information content (AvgIpc) is 2.35. The topological polar surface area (TPSA) is 78.9 Å². The van der Waals surface area contributed by atoms with Crippen molar-refractivity contribution in [2.75, 3.05) is 0 Å². The third-order valence-corrected chi connectivity index (χ3v) is 2.70. The Labute approximate surface area is 101 Å². The van der Waals surface area contributed by atoms with Crippen molar-refractivity contribution >= 4 is 5.91 Å². The van der Waals surface area contributed by atoms with Gasteiger partial charge in [-0.1, -0.05) is 19.1 Å². The Hall–Kier alpha value is -1.86. The molecule has 1 aromatic rings. The highest BCUT2D eigenvalue weighted by Crippen LogP contribution is 2.15. The first-order valence-electron chi connectivity index (χ1n) is 5.64.